The first-order chi connectivity index (χ1) is 17.2. The van der Waals surface area contributed by atoms with Gasteiger partial charge in [-0.2, -0.15) is 52.7 Å². The van der Waals surface area contributed by atoms with Gasteiger partial charge in [0, 0.05) is 52.1 Å². The van der Waals surface area contributed by atoms with Crippen LogP contribution in [0.3, 0.4) is 0 Å². The Morgan fingerprint density at radius 1 is 0.500 bits per heavy atom. The number of nitrogens with zero attached hydrogens (tertiary/aromatic N) is 2. The van der Waals surface area contributed by atoms with Gasteiger partial charge in [-0.1, -0.05) is 0 Å². The van der Waals surface area contributed by atoms with Crippen LogP contribution in [-0.2, 0) is 9.47 Å². The van der Waals surface area contributed by atoms with Crippen molar-refractivity contribution >= 4 is 0 Å². The normalized spacial score (nSPS) is 21.9. The average molecular weight is 588 g/mol. The first-order valence-corrected chi connectivity index (χ1v) is 11.4. The Morgan fingerprint density at radius 2 is 0.763 bits per heavy atom. The minimum atomic E-state index is -7.72. The Balaban J connectivity index is 2.19. The Labute approximate surface area is 209 Å². The third kappa shape index (κ3) is 6.62. The second kappa shape index (κ2) is 11.8. The summed E-state index contributed by atoms with van der Waals surface area (Å²) in [6.07, 6.45) is -10.1. The molecule has 2 unspecified atom stereocenters. The molecule has 2 heterocycles. The molecule has 38 heavy (non-hydrogen) atoms. The predicted octanol–water partition coefficient (Wildman–Crippen LogP) is 2.96. The SMILES string of the molecule is OC(CN1CCOCC1)CC(F)(F)C(F)(F)C(F)(F)C(F)(F)C(F)(F)C(F)(F)CC(O)CN1CCOCC1. The summed E-state index contributed by atoms with van der Waals surface area (Å²) in [6, 6.07) is 0. The molecule has 0 aliphatic carbocycles. The lowest BCUT2D eigenvalue weighted by molar-refractivity contribution is -0.427. The van der Waals surface area contributed by atoms with Gasteiger partial charge in [0.05, 0.1) is 38.6 Å². The molecular formula is C20H28F12N2O4. The molecule has 2 rings (SSSR count). The number of hydrogen-bond donors (Lipinski definition) is 2. The summed E-state index contributed by atoms with van der Waals surface area (Å²) in [5, 5.41) is 19.3. The van der Waals surface area contributed by atoms with Gasteiger partial charge in [0.2, 0.25) is 0 Å². The van der Waals surface area contributed by atoms with Gasteiger partial charge < -0.3 is 19.7 Å². The number of hydrogen-bond acceptors (Lipinski definition) is 6. The van der Waals surface area contributed by atoms with Crippen molar-refractivity contribution < 1.29 is 72.4 Å². The van der Waals surface area contributed by atoms with Crippen molar-refractivity contribution in [2.75, 3.05) is 65.7 Å². The molecular weight excluding hydrogens is 560 g/mol. The third-order valence-corrected chi connectivity index (χ3v) is 6.23. The number of aliphatic hydroxyl groups is 2. The molecule has 6 nitrogen and oxygen atoms in total. The highest BCUT2D eigenvalue weighted by Crippen LogP contribution is 2.61. The highest BCUT2D eigenvalue weighted by atomic mass is 19.4. The number of rotatable bonds is 13. The molecule has 226 valence electrons. The van der Waals surface area contributed by atoms with Crippen molar-refractivity contribution in [2.45, 2.75) is 60.6 Å². The number of aliphatic hydroxyl groups excluding tert-OH is 2. The van der Waals surface area contributed by atoms with E-state index in [1.165, 1.54) is 9.80 Å². The molecule has 2 saturated heterocycles. The smallest absolute Gasteiger partial charge is 0.384 e. The van der Waals surface area contributed by atoms with Crippen LogP contribution in [0.15, 0.2) is 0 Å². The van der Waals surface area contributed by atoms with Crippen molar-refractivity contribution in [2.24, 2.45) is 0 Å². The van der Waals surface area contributed by atoms with Crippen molar-refractivity contribution in [3.63, 3.8) is 0 Å². The third-order valence-electron chi connectivity index (χ3n) is 6.23. The van der Waals surface area contributed by atoms with Crippen LogP contribution in [0.4, 0.5) is 52.7 Å². The van der Waals surface area contributed by atoms with Gasteiger partial charge in [0.25, 0.3) is 0 Å². The number of ether oxygens (including phenoxy) is 2. The fraction of sp³-hybridized carbons (Fsp3) is 1.00. The Bertz CT molecular complexity index is 700. The molecule has 0 spiro atoms. The second-order valence-electron chi connectivity index (χ2n) is 9.25. The molecule has 0 aromatic rings. The van der Waals surface area contributed by atoms with Crippen LogP contribution in [0.2, 0.25) is 0 Å². The maximum atomic E-state index is 14.1. The first kappa shape index (κ1) is 33.1. The van der Waals surface area contributed by atoms with E-state index in [9.17, 15) is 62.9 Å². The van der Waals surface area contributed by atoms with E-state index in [2.05, 4.69) is 0 Å². The number of morpholine rings is 2. The fourth-order valence-corrected chi connectivity index (χ4v) is 3.99. The summed E-state index contributed by atoms with van der Waals surface area (Å²) < 4.78 is 179. The van der Waals surface area contributed by atoms with E-state index in [-0.39, 0.29) is 52.6 Å². The van der Waals surface area contributed by atoms with E-state index >= 15 is 0 Å². The lowest BCUT2D eigenvalue weighted by Crippen LogP contribution is -2.71. The molecule has 18 heteroatoms. The molecule has 2 N–H and O–H groups in total. The quantitative estimate of drug-likeness (QED) is 0.323. The molecule has 0 amide bonds. The van der Waals surface area contributed by atoms with Crippen LogP contribution >= 0.6 is 0 Å². The second-order valence-corrected chi connectivity index (χ2v) is 9.25. The van der Waals surface area contributed by atoms with E-state index < -0.39 is 73.7 Å². The van der Waals surface area contributed by atoms with E-state index in [1.54, 1.807) is 0 Å². The highest BCUT2D eigenvalue weighted by Gasteiger charge is 2.89. The van der Waals surface area contributed by atoms with Crippen LogP contribution in [0.5, 0.6) is 0 Å². The van der Waals surface area contributed by atoms with Gasteiger partial charge in [-0.15, -0.1) is 0 Å². The molecule has 0 radical (unpaired) electrons. The predicted molar refractivity (Wildman–Crippen MR) is 105 cm³/mol. The van der Waals surface area contributed by atoms with Crippen molar-refractivity contribution in [1.29, 1.82) is 0 Å². The van der Waals surface area contributed by atoms with Gasteiger partial charge in [0.15, 0.2) is 0 Å². The van der Waals surface area contributed by atoms with Gasteiger partial charge in [-0.3, -0.25) is 9.80 Å². The largest absolute Gasteiger partial charge is 0.392 e. The number of β-amino-alcohol motifs (C(OH)–C–C–N with tert-alkyl or cyclic N) is 2. The fourth-order valence-electron chi connectivity index (χ4n) is 3.99. The highest BCUT2D eigenvalue weighted by molar-refractivity contribution is 5.12. The maximum Gasteiger partial charge on any atom is 0.384 e. The van der Waals surface area contributed by atoms with Crippen molar-refractivity contribution in [1.82, 2.24) is 9.80 Å². The Hall–Kier alpha value is -1.08. The van der Waals surface area contributed by atoms with Crippen molar-refractivity contribution in [3.8, 4) is 0 Å². The summed E-state index contributed by atoms with van der Waals surface area (Å²) in [6.45, 7) is -1.32. The first-order valence-electron chi connectivity index (χ1n) is 11.4. The lowest BCUT2D eigenvalue weighted by Gasteiger charge is -2.42. The van der Waals surface area contributed by atoms with Gasteiger partial charge in [-0.25, -0.2) is 0 Å². The molecule has 2 atom stereocenters. The van der Waals surface area contributed by atoms with E-state index in [1.807, 2.05) is 0 Å². The Morgan fingerprint density at radius 3 is 1.03 bits per heavy atom. The van der Waals surface area contributed by atoms with Crippen LogP contribution in [0, 0.1) is 0 Å². The zero-order valence-electron chi connectivity index (χ0n) is 19.8. The lowest BCUT2D eigenvalue weighted by atomic mass is 9.88. The zero-order valence-corrected chi connectivity index (χ0v) is 19.8. The van der Waals surface area contributed by atoms with Crippen LogP contribution in [-0.4, -0.2) is 133 Å². The summed E-state index contributed by atoms with van der Waals surface area (Å²) in [5.41, 5.74) is 0. The minimum absolute atomic E-state index is 0.0198. The monoisotopic (exact) mass is 588 g/mol. The minimum Gasteiger partial charge on any atom is -0.392 e. The summed E-state index contributed by atoms with van der Waals surface area (Å²) in [5.74, 6) is -42.5. The van der Waals surface area contributed by atoms with Gasteiger partial charge >= 0.3 is 35.5 Å². The molecule has 0 aromatic heterocycles. The van der Waals surface area contributed by atoms with Gasteiger partial charge in [0.1, 0.15) is 0 Å². The molecule has 0 bridgehead atoms. The molecule has 2 aliphatic heterocycles. The summed E-state index contributed by atoms with van der Waals surface area (Å²) in [7, 11) is 0. The molecule has 0 aromatic carbocycles. The Kier molecular flexibility index (Phi) is 10.3. The van der Waals surface area contributed by atoms with E-state index in [0.29, 0.717) is 0 Å². The van der Waals surface area contributed by atoms with Crippen LogP contribution in [0.1, 0.15) is 12.8 Å². The average Bonchev–Trinajstić information content (AvgIpc) is 2.78. The summed E-state index contributed by atoms with van der Waals surface area (Å²) in [4.78, 5) is 2.40. The van der Waals surface area contributed by atoms with Crippen molar-refractivity contribution in [3.05, 3.63) is 0 Å². The standard InChI is InChI=1S/C20H28F12N2O4/c21-15(22,9-13(35)11-33-1-5-37-6-2-33)17(25,26)19(29,30)20(31,32)18(27,28)16(23,24)10-14(36)12-34-3-7-38-8-4-34/h13-14,35-36H,1-12H2. The zero-order chi connectivity index (χ0) is 29.2. The molecule has 2 aliphatic rings. The summed E-state index contributed by atoms with van der Waals surface area (Å²) >= 11 is 0. The maximum absolute atomic E-state index is 14.1. The van der Waals surface area contributed by atoms with Crippen LogP contribution < -0.4 is 0 Å². The van der Waals surface area contributed by atoms with E-state index in [4.69, 9.17) is 9.47 Å². The van der Waals surface area contributed by atoms with Crippen LogP contribution in [0.25, 0.3) is 0 Å². The van der Waals surface area contributed by atoms with Gasteiger partial charge in [-0.05, 0) is 0 Å². The number of alkyl halides is 12. The molecule has 0 saturated carbocycles. The van der Waals surface area contributed by atoms with E-state index in [0.717, 1.165) is 0 Å². The topological polar surface area (TPSA) is 65.4 Å². The number of halogens is 12. The molecule has 2 fully saturated rings.